The topological polar surface area (TPSA) is 63.9 Å². The van der Waals surface area contributed by atoms with E-state index in [2.05, 4.69) is 22.8 Å². The van der Waals surface area contributed by atoms with Crippen LogP contribution in [0.4, 0.5) is 11.8 Å². The van der Waals surface area contributed by atoms with E-state index in [9.17, 15) is 0 Å². The van der Waals surface area contributed by atoms with Crippen LogP contribution in [0.3, 0.4) is 0 Å². The molecule has 7 heteroatoms. The number of unbranched alkanes of at least 4 members (excludes halogenated alkanes) is 2. The Bertz CT molecular complexity index is 716. The molecule has 4 heterocycles. The Morgan fingerprint density at radius 1 is 0.893 bits per heavy atom. The van der Waals surface area contributed by atoms with Crippen LogP contribution < -0.4 is 9.80 Å². The molecule has 0 amide bonds. The van der Waals surface area contributed by atoms with Crippen molar-refractivity contribution in [1.29, 1.82) is 0 Å². The van der Waals surface area contributed by atoms with Crippen molar-refractivity contribution in [3.05, 3.63) is 24.0 Å². The summed E-state index contributed by atoms with van der Waals surface area (Å²) in [5.41, 5.74) is 0.847. The maximum atomic E-state index is 6.12. The second-order valence-corrected chi connectivity index (χ2v) is 7.33. The summed E-state index contributed by atoms with van der Waals surface area (Å²) in [7, 11) is 0. The minimum absolute atomic E-state index is 0.711. The number of aryl methyl sites for hydroxylation is 1. The lowest BCUT2D eigenvalue weighted by Gasteiger charge is -2.31. The molecule has 2 fully saturated rings. The molecule has 0 atom stereocenters. The normalized spacial score (nSPS) is 17.9. The molecule has 0 saturated carbocycles. The predicted molar refractivity (Wildman–Crippen MR) is 109 cm³/mol. The molecule has 152 valence electrons. The second kappa shape index (κ2) is 9.39. The number of aromatic nitrogens is 2. The summed E-state index contributed by atoms with van der Waals surface area (Å²) in [6.45, 7) is 8.42. The van der Waals surface area contributed by atoms with Gasteiger partial charge in [-0.3, -0.25) is 0 Å². The lowest BCUT2D eigenvalue weighted by Crippen LogP contribution is -2.39. The molecule has 0 bridgehead atoms. The number of nitrogens with zero attached hydrogens (tertiary/aromatic N) is 4. The van der Waals surface area contributed by atoms with Crippen molar-refractivity contribution < 1.29 is 13.9 Å². The minimum Gasteiger partial charge on any atom is -0.459 e. The van der Waals surface area contributed by atoms with E-state index in [4.69, 9.17) is 23.9 Å². The molecule has 0 spiro atoms. The molecule has 0 unspecified atom stereocenters. The molecule has 2 aromatic heterocycles. The summed E-state index contributed by atoms with van der Waals surface area (Å²) in [6, 6.07) is 6.16. The molecule has 2 saturated heterocycles. The minimum atomic E-state index is 0.711. The van der Waals surface area contributed by atoms with Gasteiger partial charge in [-0.1, -0.05) is 19.8 Å². The van der Waals surface area contributed by atoms with Gasteiger partial charge in [-0.2, -0.15) is 4.98 Å². The van der Waals surface area contributed by atoms with Crippen molar-refractivity contribution in [3.8, 4) is 11.5 Å². The van der Waals surface area contributed by atoms with Gasteiger partial charge in [0.15, 0.2) is 5.76 Å². The highest BCUT2D eigenvalue weighted by Gasteiger charge is 2.21. The van der Waals surface area contributed by atoms with Gasteiger partial charge in [-0.15, -0.1) is 0 Å². The monoisotopic (exact) mass is 386 g/mol. The molecule has 28 heavy (non-hydrogen) atoms. The third-order valence-electron chi connectivity index (χ3n) is 5.27. The van der Waals surface area contributed by atoms with Gasteiger partial charge in [0.05, 0.1) is 26.4 Å². The Hall–Kier alpha value is -2.12. The zero-order valence-electron chi connectivity index (χ0n) is 16.7. The maximum Gasteiger partial charge on any atom is 0.228 e. The predicted octanol–water partition coefficient (Wildman–Crippen LogP) is 3.14. The van der Waals surface area contributed by atoms with Gasteiger partial charge >= 0.3 is 0 Å². The smallest absolute Gasteiger partial charge is 0.228 e. The van der Waals surface area contributed by atoms with E-state index in [1.165, 1.54) is 12.8 Å². The van der Waals surface area contributed by atoms with Crippen LogP contribution in [0.15, 0.2) is 22.6 Å². The average Bonchev–Trinajstić information content (AvgIpc) is 3.24. The summed E-state index contributed by atoms with van der Waals surface area (Å²) < 4.78 is 17.1. The van der Waals surface area contributed by atoms with E-state index < -0.39 is 0 Å². The first-order valence-electron chi connectivity index (χ1n) is 10.5. The van der Waals surface area contributed by atoms with E-state index in [0.717, 1.165) is 81.2 Å². The number of morpholine rings is 2. The molecule has 7 nitrogen and oxygen atoms in total. The molecule has 0 aliphatic carbocycles. The summed E-state index contributed by atoms with van der Waals surface area (Å²) in [4.78, 5) is 14.2. The van der Waals surface area contributed by atoms with E-state index in [1.54, 1.807) is 0 Å². The van der Waals surface area contributed by atoms with Gasteiger partial charge in [0, 0.05) is 38.7 Å². The van der Waals surface area contributed by atoms with Crippen molar-refractivity contribution >= 4 is 11.8 Å². The zero-order valence-corrected chi connectivity index (χ0v) is 16.7. The first-order chi connectivity index (χ1) is 13.8. The van der Waals surface area contributed by atoms with Crippen LogP contribution in [-0.4, -0.2) is 62.6 Å². The van der Waals surface area contributed by atoms with Gasteiger partial charge < -0.3 is 23.7 Å². The lowest BCUT2D eigenvalue weighted by molar-refractivity contribution is 0.121. The van der Waals surface area contributed by atoms with Crippen LogP contribution in [0.1, 0.15) is 31.9 Å². The van der Waals surface area contributed by atoms with Crippen LogP contribution in [0, 0.1) is 0 Å². The number of anilines is 2. The molecule has 0 N–H and O–H groups in total. The molecular formula is C21H30N4O3. The van der Waals surface area contributed by atoms with Gasteiger partial charge in [0.1, 0.15) is 17.3 Å². The molecular weight excluding hydrogens is 356 g/mol. The fourth-order valence-corrected chi connectivity index (χ4v) is 3.61. The number of furan rings is 1. The highest BCUT2D eigenvalue weighted by atomic mass is 16.5. The Labute approximate surface area is 166 Å². The lowest BCUT2D eigenvalue weighted by atomic mass is 10.2. The molecule has 0 radical (unpaired) electrons. The van der Waals surface area contributed by atoms with E-state index in [-0.39, 0.29) is 0 Å². The van der Waals surface area contributed by atoms with Gasteiger partial charge in [-0.05, 0) is 18.6 Å². The second-order valence-electron chi connectivity index (χ2n) is 7.33. The first-order valence-corrected chi connectivity index (χ1v) is 10.5. The number of hydrogen-bond acceptors (Lipinski definition) is 7. The van der Waals surface area contributed by atoms with Crippen molar-refractivity contribution in [3.63, 3.8) is 0 Å². The molecule has 4 rings (SSSR count). The van der Waals surface area contributed by atoms with E-state index >= 15 is 0 Å². The Morgan fingerprint density at radius 3 is 2.32 bits per heavy atom. The maximum absolute atomic E-state index is 6.12. The van der Waals surface area contributed by atoms with Gasteiger partial charge in [0.2, 0.25) is 5.95 Å². The average molecular weight is 386 g/mol. The van der Waals surface area contributed by atoms with Crippen LogP contribution >= 0.6 is 0 Å². The fraction of sp³-hybridized carbons (Fsp3) is 0.619. The number of ether oxygens (including phenoxy) is 2. The first kappa shape index (κ1) is 19.2. The summed E-state index contributed by atoms with van der Waals surface area (Å²) in [5, 5.41) is 0. The van der Waals surface area contributed by atoms with Crippen molar-refractivity contribution in [2.75, 3.05) is 62.4 Å². The Kier molecular flexibility index (Phi) is 6.44. The summed E-state index contributed by atoms with van der Waals surface area (Å²) in [6.07, 6.45) is 4.58. The molecule has 2 aromatic rings. The van der Waals surface area contributed by atoms with Crippen LogP contribution in [0.2, 0.25) is 0 Å². The van der Waals surface area contributed by atoms with Crippen molar-refractivity contribution in [2.24, 2.45) is 0 Å². The third-order valence-corrected chi connectivity index (χ3v) is 5.27. The molecule has 2 aliphatic heterocycles. The van der Waals surface area contributed by atoms with Gasteiger partial charge in [-0.25, -0.2) is 4.98 Å². The van der Waals surface area contributed by atoms with Crippen molar-refractivity contribution in [2.45, 2.75) is 32.6 Å². The highest BCUT2D eigenvalue weighted by Crippen LogP contribution is 2.28. The Balaban J connectivity index is 1.61. The highest BCUT2D eigenvalue weighted by molar-refractivity contribution is 5.61. The molecule has 2 aliphatic rings. The number of hydrogen-bond donors (Lipinski definition) is 0. The van der Waals surface area contributed by atoms with Crippen LogP contribution in [-0.2, 0) is 15.9 Å². The third kappa shape index (κ3) is 4.64. The summed E-state index contributed by atoms with van der Waals surface area (Å²) in [5.74, 6) is 3.55. The Morgan fingerprint density at radius 2 is 1.61 bits per heavy atom. The van der Waals surface area contributed by atoms with Gasteiger partial charge in [0.25, 0.3) is 0 Å². The molecule has 0 aromatic carbocycles. The number of rotatable bonds is 7. The van der Waals surface area contributed by atoms with Crippen LogP contribution in [0.25, 0.3) is 11.5 Å². The zero-order chi connectivity index (χ0) is 19.2. The van der Waals surface area contributed by atoms with E-state index in [0.29, 0.717) is 13.2 Å². The van der Waals surface area contributed by atoms with Crippen molar-refractivity contribution in [1.82, 2.24) is 9.97 Å². The fourth-order valence-electron chi connectivity index (χ4n) is 3.61. The standard InChI is InChI=1S/C21H30N4O3/c1-2-3-4-5-17-6-7-19(28-17)18-16-20(24-8-12-26-13-9-24)23-21(22-18)25-10-14-27-15-11-25/h6-7,16H,2-5,8-15H2,1H3. The van der Waals surface area contributed by atoms with E-state index in [1.807, 2.05) is 12.1 Å². The SMILES string of the molecule is CCCCCc1ccc(-c2cc(N3CCOCC3)nc(N3CCOCC3)n2)o1. The largest absolute Gasteiger partial charge is 0.459 e. The van der Waals surface area contributed by atoms with Crippen LogP contribution in [0.5, 0.6) is 0 Å². The summed E-state index contributed by atoms with van der Waals surface area (Å²) >= 11 is 0. The quantitative estimate of drug-likeness (QED) is 0.677.